The fraction of sp³-hybridized carbons (Fsp3) is 1.00. The topological polar surface area (TPSA) is 24.1 Å². The number of hydrogen-bond acceptors (Lipinski definition) is 2. The zero-order valence-corrected chi connectivity index (χ0v) is 9.43. The molecule has 1 saturated carbocycles. The van der Waals surface area contributed by atoms with Crippen LogP contribution in [0.15, 0.2) is 0 Å². The van der Waals surface area contributed by atoms with Crippen LogP contribution in [0.3, 0.4) is 0 Å². The van der Waals surface area contributed by atoms with Gasteiger partial charge in [-0.25, -0.2) is 0 Å². The number of hydrazine groups is 1. The molecule has 2 nitrogen and oxygen atoms in total. The highest BCUT2D eigenvalue weighted by molar-refractivity contribution is 4.80. The van der Waals surface area contributed by atoms with Crippen molar-refractivity contribution >= 4 is 0 Å². The van der Waals surface area contributed by atoms with E-state index in [4.69, 9.17) is 0 Å². The molecule has 1 fully saturated rings. The Labute approximate surface area is 82.5 Å². The highest BCUT2D eigenvalue weighted by atomic mass is 15.4. The molecule has 0 saturated heterocycles. The molecule has 0 heterocycles. The molecule has 13 heavy (non-hydrogen) atoms. The molecule has 0 bridgehead atoms. The Balaban J connectivity index is 2.06. The van der Waals surface area contributed by atoms with Gasteiger partial charge in [0.2, 0.25) is 0 Å². The summed E-state index contributed by atoms with van der Waals surface area (Å²) in [7, 11) is 0. The van der Waals surface area contributed by atoms with Crippen molar-refractivity contribution in [2.75, 3.05) is 0 Å². The van der Waals surface area contributed by atoms with Gasteiger partial charge in [0.15, 0.2) is 0 Å². The van der Waals surface area contributed by atoms with Crippen molar-refractivity contribution in [2.24, 2.45) is 11.8 Å². The second kappa shape index (κ2) is 4.97. The summed E-state index contributed by atoms with van der Waals surface area (Å²) in [5.41, 5.74) is 6.62. The van der Waals surface area contributed by atoms with Gasteiger partial charge in [-0.15, -0.1) is 0 Å². The minimum Gasteiger partial charge on any atom is -0.255 e. The number of rotatable bonds is 5. The minimum absolute atomic E-state index is 0.529. The van der Waals surface area contributed by atoms with Crippen molar-refractivity contribution in [1.82, 2.24) is 10.9 Å². The normalized spacial score (nSPS) is 30.2. The van der Waals surface area contributed by atoms with E-state index in [1.165, 1.54) is 19.3 Å². The van der Waals surface area contributed by atoms with E-state index < -0.39 is 0 Å². The number of hydrogen-bond donors (Lipinski definition) is 2. The van der Waals surface area contributed by atoms with Crippen LogP contribution in [0.2, 0.25) is 0 Å². The first-order valence-electron chi connectivity index (χ1n) is 5.60. The van der Waals surface area contributed by atoms with Gasteiger partial charge in [0.1, 0.15) is 0 Å². The fourth-order valence-electron chi connectivity index (χ4n) is 1.91. The first kappa shape index (κ1) is 11.0. The van der Waals surface area contributed by atoms with Crippen LogP contribution in [0, 0.1) is 11.8 Å². The van der Waals surface area contributed by atoms with Gasteiger partial charge in [-0.2, -0.15) is 0 Å². The van der Waals surface area contributed by atoms with E-state index in [2.05, 4.69) is 38.5 Å². The predicted octanol–water partition coefficient (Wildman–Crippen LogP) is 2.31. The van der Waals surface area contributed by atoms with Gasteiger partial charge in [-0.1, -0.05) is 13.3 Å². The lowest BCUT2D eigenvalue weighted by atomic mass is 9.72. The molecule has 0 aromatic rings. The zero-order chi connectivity index (χ0) is 9.84. The summed E-state index contributed by atoms with van der Waals surface area (Å²) in [6, 6.07) is 1.14. The SMILES string of the molecule is CC(C)NNC(C)CC1CCC1C. The molecule has 0 aliphatic heterocycles. The van der Waals surface area contributed by atoms with E-state index in [0.717, 1.165) is 11.8 Å². The van der Waals surface area contributed by atoms with Crippen LogP contribution in [0.25, 0.3) is 0 Å². The molecule has 0 aromatic carbocycles. The monoisotopic (exact) mass is 184 g/mol. The molecule has 3 atom stereocenters. The lowest BCUT2D eigenvalue weighted by Crippen LogP contribution is -2.44. The third-order valence-corrected chi connectivity index (χ3v) is 3.07. The number of nitrogens with one attached hydrogen (secondary N) is 2. The standard InChI is InChI=1S/C11H24N2/c1-8(2)12-13-10(4)7-11-6-5-9(11)3/h8-13H,5-7H2,1-4H3. The third kappa shape index (κ3) is 3.65. The van der Waals surface area contributed by atoms with Crippen molar-refractivity contribution in [1.29, 1.82) is 0 Å². The molecule has 1 rings (SSSR count). The summed E-state index contributed by atoms with van der Waals surface area (Å²) in [5.74, 6) is 1.93. The Bertz CT molecular complexity index is 145. The van der Waals surface area contributed by atoms with E-state index in [9.17, 15) is 0 Å². The van der Waals surface area contributed by atoms with Gasteiger partial charge < -0.3 is 0 Å². The van der Waals surface area contributed by atoms with Crippen LogP contribution >= 0.6 is 0 Å². The summed E-state index contributed by atoms with van der Waals surface area (Å²) in [6.07, 6.45) is 4.20. The Kier molecular flexibility index (Phi) is 4.20. The minimum atomic E-state index is 0.529. The summed E-state index contributed by atoms with van der Waals surface area (Å²) in [4.78, 5) is 0. The van der Waals surface area contributed by atoms with Crippen molar-refractivity contribution < 1.29 is 0 Å². The molecule has 0 aromatic heterocycles. The quantitative estimate of drug-likeness (QED) is 0.641. The summed E-state index contributed by atoms with van der Waals surface area (Å²) >= 11 is 0. The average molecular weight is 184 g/mol. The fourth-order valence-corrected chi connectivity index (χ4v) is 1.91. The largest absolute Gasteiger partial charge is 0.255 e. The van der Waals surface area contributed by atoms with Crippen LogP contribution in [0.1, 0.15) is 47.0 Å². The van der Waals surface area contributed by atoms with Crippen molar-refractivity contribution in [3.05, 3.63) is 0 Å². The molecular weight excluding hydrogens is 160 g/mol. The maximum Gasteiger partial charge on any atom is 0.0187 e. The second-order valence-electron chi connectivity index (χ2n) is 4.89. The Morgan fingerprint density at radius 2 is 1.85 bits per heavy atom. The first-order chi connectivity index (χ1) is 6.09. The molecule has 78 valence electrons. The van der Waals surface area contributed by atoms with E-state index in [1.807, 2.05) is 0 Å². The molecule has 1 aliphatic carbocycles. The first-order valence-corrected chi connectivity index (χ1v) is 5.60. The van der Waals surface area contributed by atoms with Crippen LogP contribution in [0.5, 0.6) is 0 Å². The van der Waals surface area contributed by atoms with Crippen molar-refractivity contribution in [3.63, 3.8) is 0 Å². The van der Waals surface area contributed by atoms with E-state index in [0.29, 0.717) is 12.1 Å². The smallest absolute Gasteiger partial charge is 0.0187 e. The summed E-state index contributed by atoms with van der Waals surface area (Å²) in [6.45, 7) is 8.95. The zero-order valence-electron chi connectivity index (χ0n) is 9.43. The Hall–Kier alpha value is -0.0800. The van der Waals surface area contributed by atoms with E-state index in [-0.39, 0.29) is 0 Å². The maximum absolute atomic E-state index is 3.35. The van der Waals surface area contributed by atoms with Crippen LogP contribution in [-0.2, 0) is 0 Å². The lowest BCUT2D eigenvalue weighted by Gasteiger charge is -2.36. The third-order valence-electron chi connectivity index (χ3n) is 3.07. The van der Waals surface area contributed by atoms with Gasteiger partial charge in [-0.3, -0.25) is 10.9 Å². The molecule has 3 unspecified atom stereocenters. The molecule has 0 spiro atoms. The van der Waals surface area contributed by atoms with Gasteiger partial charge in [0.05, 0.1) is 0 Å². The predicted molar refractivity (Wildman–Crippen MR) is 57.4 cm³/mol. The van der Waals surface area contributed by atoms with Gasteiger partial charge >= 0.3 is 0 Å². The van der Waals surface area contributed by atoms with Crippen LogP contribution < -0.4 is 10.9 Å². The Morgan fingerprint density at radius 1 is 1.15 bits per heavy atom. The maximum atomic E-state index is 3.35. The molecular formula is C11H24N2. The Morgan fingerprint density at radius 3 is 2.23 bits per heavy atom. The molecule has 1 aliphatic rings. The van der Waals surface area contributed by atoms with Gasteiger partial charge in [0.25, 0.3) is 0 Å². The van der Waals surface area contributed by atoms with Crippen molar-refractivity contribution in [2.45, 2.75) is 59.0 Å². The molecule has 2 heteroatoms. The van der Waals surface area contributed by atoms with Gasteiger partial charge in [0, 0.05) is 12.1 Å². The summed E-state index contributed by atoms with van der Waals surface area (Å²) in [5, 5.41) is 0. The molecule has 0 amide bonds. The van der Waals surface area contributed by atoms with Crippen LogP contribution in [0.4, 0.5) is 0 Å². The molecule has 2 N–H and O–H groups in total. The highest BCUT2D eigenvalue weighted by Gasteiger charge is 2.27. The van der Waals surface area contributed by atoms with Crippen molar-refractivity contribution in [3.8, 4) is 0 Å². The van der Waals surface area contributed by atoms with Crippen LogP contribution in [-0.4, -0.2) is 12.1 Å². The average Bonchev–Trinajstić information content (AvgIpc) is 2.08. The van der Waals surface area contributed by atoms with Gasteiger partial charge in [-0.05, 0) is 45.4 Å². The summed E-state index contributed by atoms with van der Waals surface area (Å²) < 4.78 is 0. The van der Waals surface area contributed by atoms with E-state index in [1.54, 1.807) is 0 Å². The lowest BCUT2D eigenvalue weighted by molar-refractivity contribution is 0.163. The highest BCUT2D eigenvalue weighted by Crippen LogP contribution is 2.36. The second-order valence-corrected chi connectivity index (χ2v) is 4.89. The molecule has 0 radical (unpaired) electrons. The van der Waals surface area contributed by atoms with E-state index >= 15 is 0 Å².